The Balaban J connectivity index is 1.94. The van der Waals surface area contributed by atoms with Crippen LogP contribution in [-0.4, -0.2) is 43.6 Å². The van der Waals surface area contributed by atoms with Gasteiger partial charge in [0.2, 0.25) is 10.0 Å². The Hall–Kier alpha value is -0.130. The molecule has 1 heterocycles. The molecule has 0 bridgehead atoms. The van der Waals surface area contributed by atoms with Gasteiger partial charge in [-0.15, -0.1) is 0 Å². The number of nitrogens with one attached hydrogen (secondary N) is 1. The van der Waals surface area contributed by atoms with Gasteiger partial charge in [-0.2, -0.15) is 4.31 Å². The normalized spacial score (nSPS) is 27.2. The molecule has 1 unspecified atom stereocenters. The molecule has 0 aromatic rings. The molecule has 0 aromatic heterocycles. The Morgan fingerprint density at radius 3 is 2.65 bits per heavy atom. The summed E-state index contributed by atoms with van der Waals surface area (Å²) < 4.78 is 26.1. The van der Waals surface area contributed by atoms with Crippen LogP contribution in [0.1, 0.15) is 45.4 Å². The molecule has 1 atom stereocenters. The van der Waals surface area contributed by atoms with Crippen LogP contribution in [0.2, 0.25) is 0 Å². The highest BCUT2D eigenvalue weighted by Gasteiger charge is 2.32. The van der Waals surface area contributed by atoms with E-state index in [4.69, 9.17) is 0 Å². The van der Waals surface area contributed by atoms with Crippen molar-refractivity contribution in [3.05, 3.63) is 0 Å². The van der Waals surface area contributed by atoms with Gasteiger partial charge in [0.1, 0.15) is 0 Å². The third kappa shape index (κ3) is 3.66. The van der Waals surface area contributed by atoms with Gasteiger partial charge in [0, 0.05) is 25.2 Å². The molecule has 0 amide bonds. The lowest BCUT2D eigenvalue weighted by Crippen LogP contribution is -2.49. The first kappa shape index (κ1) is 13.3. The fourth-order valence-corrected chi connectivity index (χ4v) is 4.30. The van der Waals surface area contributed by atoms with Crippen LogP contribution < -0.4 is 5.32 Å². The Labute approximate surface area is 105 Å². The maximum Gasteiger partial charge on any atom is 0.214 e. The monoisotopic (exact) mass is 260 g/mol. The zero-order valence-corrected chi connectivity index (χ0v) is 11.5. The van der Waals surface area contributed by atoms with Crippen LogP contribution in [0.5, 0.6) is 0 Å². The van der Waals surface area contributed by atoms with Crippen LogP contribution in [0.4, 0.5) is 0 Å². The van der Waals surface area contributed by atoms with Crippen molar-refractivity contribution in [2.24, 2.45) is 0 Å². The lowest BCUT2D eigenvalue weighted by molar-refractivity contribution is 0.245. The lowest BCUT2D eigenvalue weighted by atomic mass is 10.1. The molecule has 1 saturated heterocycles. The van der Waals surface area contributed by atoms with Crippen molar-refractivity contribution in [3.8, 4) is 0 Å². The minimum Gasteiger partial charge on any atom is -0.312 e. The van der Waals surface area contributed by atoms with Crippen molar-refractivity contribution in [3.63, 3.8) is 0 Å². The number of piperidine rings is 1. The Bertz CT molecular complexity index is 338. The molecule has 1 N–H and O–H groups in total. The second-order valence-electron chi connectivity index (χ2n) is 5.26. The van der Waals surface area contributed by atoms with Gasteiger partial charge in [0.05, 0.1) is 5.75 Å². The Morgan fingerprint density at radius 1 is 1.24 bits per heavy atom. The topological polar surface area (TPSA) is 49.4 Å². The third-order valence-electron chi connectivity index (χ3n) is 3.61. The van der Waals surface area contributed by atoms with Crippen molar-refractivity contribution in [1.29, 1.82) is 0 Å². The Morgan fingerprint density at radius 2 is 2.00 bits per heavy atom. The van der Waals surface area contributed by atoms with Crippen molar-refractivity contribution in [2.45, 2.75) is 57.5 Å². The largest absolute Gasteiger partial charge is 0.312 e. The molecule has 0 radical (unpaired) electrons. The first-order chi connectivity index (χ1) is 8.13. The molecule has 1 saturated carbocycles. The van der Waals surface area contributed by atoms with Crippen LogP contribution in [0.3, 0.4) is 0 Å². The van der Waals surface area contributed by atoms with E-state index in [2.05, 4.69) is 5.32 Å². The number of hydrogen-bond donors (Lipinski definition) is 1. The molecule has 2 aliphatic rings. The van der Waals surface area contributed by atoms with E-state index in [-0.39, 0.29) is 6.04 Å². The van der Waals surface area contributed by atoms with Gasteiger partial charge in [0.15, 0.2) is 0 Å². The van der Waals surface area contributed by atoms with E-state index in [0.29, 0.717) is 18.2 Å². The number of rotatable bonds is 6. The molecule has 100 valence electrons. The predicted octanol–water partition coefficient (Wildman–Crippen LogP) is 1.33. The summed E-state index contributed by atoms with van der Waals surface area (Å²) in [6.45, 7) is 3.49. The molecule has 1 aliphatic carbocycles. The van der Waals surface area contributed by atoms with Crippen LogP contribution in [0.25, 0.3) is 0 Å². The summed E-state index contributed by atoms with van der Waals surface area (Å²) in [5.74, 6) is 0.299. The maximum atomic E-state index is 12.2. The van der Waals surface area contributed by atoms with Crippen LogP contribution in [-0.2, 0) is 10.0 Å². The van der Waals surface area contributed by atoms with Gasteiger partial charge in [-0.05, 0) is 32.1 Å². The highest BCUT2D eigenvalue weighted by atomic mass is 32.2. The summed E-state index contributed by atoms with van der Waals surface area (Å²) in [7, 11) is -3.02. The standard InChI is InChI=1S/C12H24N2O2S/c1-2-9-17(15,16)14-8-4-3-5-12(14)10-13-11-6-7-11/h11-13H,2-10H2,1H3. The highest BCUT2D eigenvalue weighted by molar-refractivity contribution is 7.89. The fourth-order valence-electron chi connectivity index (χ4n) is 2.51. The second kappa shape index (κ2) is 5.67. The maximum absolute atomic E-state index is 12.2. The fraction of sp³-hybridized carbons (Fsp3) is 1.00. The van der Waals surface area contributed by atoms with E-state index in [1.54, 1.807) is 4.31 Å². The van der Waals surface area contributed by atoms with E-state index in [1.165, 1.54) is 12.8 Å². The predicted molar refractivity (Wildman–Crippen MR) is 69.4 cm³/mol. The molecule has 1 aliphatic heterocycles. The Kier molecular flexibility index (Phi) is 4.44. The molecule has 2 fully saturated rings. The molecular formula is C12H24N2O2S. The second-order valence-corrected chi connectivity index (χ2v) is 7.30. The zero-order chi connectivity index (χ0) is 12.3. The van der Waals surface area contributed by atoms with Crippen molar-refractivity contribution < 1.29 is 8.42 Å². The SMILES string of the molecule is CCCS(=O)(=O)N1CCCCC1CNC1CC1. The van der Waals surface area contributed by atoms with Crippen LogP contribution in [0.15, 0.2) is 0 Å². The number of hydrogen-bond acceptors (Lipinski definition) is 3. The zero-order valence-electron chi connectivity index (χ0n) is 10.7. The van der Waals surface area contributed by atoms with Gasteiger partial charge in [-0.3, -0.25) is 0 Å². The number of sulfonamides is 1. The van der Waals surface area contributed by atoms with Crippen LogP contribution in [0, 0.1) is 0 Å². The van der Waals surface area contributed by atoms with Gasteiger partial charge in [-0.1, -0.05) is 13.3 Å². The van der Waals surface area contributed by atoms with Crippen molar-refractivity contribution >= 4 is 10.0 Å². The quantitative estimate of drug-likeness (QED) is 0.784. The first-order valence-corrected chi connectivity index (χ1v) is 8.47. The van der Waals surface area contributed by atoms with Gasteiger partial charge >= 0.3 is 0 Å². The molecule has 17 heavy (non-hydrogen) atoms. The summed E-state index contributed by atoms with van der Waals surface area (Å²) >= 11 is 0. The lowest BCUT2D eigenvalue weighted by Gasteiger charge is -2.34. The molecular weight excluding hydrogens is 236 g/mol. The molecule has 2 rings (SSSR count). The summed E-state index contributed by atoms with van der Waals surface area (Å²) in [6.07, 6.45) is 6.42. The molecule has 0 aromatic carbocycles. The summed E-state index contributed by atoms with van der Waals surface area (Å²) in [5.41, 5.74) is 0. The van der Waals surface area contributed by atoms with Gasteiger partial charge in [-0.25, -0.2) is 8.42 Å². The molecule has 5 heteroatoms. The number of nitrogens with zero attached hydrogens (tertiary/aromatic N) is 1. The summed E-state index contributed by atoms with van der Waals surface area (Å²) in [4.78, 5) is 0. The van der Waals surface area contributed by atoms with Gasteiger partial charge in [0.25, 0.3) is 0 Å². The average Bonchev–Trinajstić information content (AvgIpc) is 3.10. The average molecular weight is 260 g/mol. The van der Waals surface area contributed by atoms with Crippen LogP contribution >= 0.6 is 0 Å². The summed E-state index contributed by atoms with van der Waals surface area (Å²) in [6, 6.07) is 0.855. The molecule has 4 nitrogen and oxygen atoms in total. The molecule has 0 spiro atoms. The third-order valence-corrected chi connectivity index (χ3v) is 5.73. The van der Waals surface area contributed by atoms with E-state index >= 15 is 0 Å². The van der Waals surface area contributed by atoms with E-state index < -0.39 is 10.0 Å². The minimum absolute atomic E-state index is 0.195. The van der Waals surface area contributed by atoms with E-state index in [9.17, 15) is 8.42 Å². The van der Waals surface area contributed by atoms with E-state index in [0.717, 1.165) is 32.4 Å². The highest BCUT2D eigenvalue weighted by Crippen LogP contribution is 2.23. The van der Waals surface area contributed by atoms with Gasteiger partial charge < -0.3 is 5.32 Å². The summed E-state index contributed by atoms with van der Waals surface area (Å²) in [5, 5.41) is 3.46. The van der Waals surface area contributed by atoms with Crippen molar-refractivity contribution in [1.82, 2.24) is 9.62 Å². The first-order valence-electron chi connectivity index (χ1n) is 6.86. The smallest absolute Gasteiger partial charge is 0.214 e. The van der Waals surface area contributed by atoms with Crippen molar-refractivity contribution in [2.75, 3.05) is 18.8 Å². The minimum atomic E-state index is -3.02. The van der Waals surface area contributed by atoms with E-state index in [1.807, 2.05) is 6.92 Å².